The highest BCUT2D eigenvalue weighted by atomic mass is 16.2. The molecule has 2 heteroatoms. The van der Waals surface area contributed by atoms with Gasteiger partial charge in [0.2, 0.25) is 0 Å². The Hall–Kier alpha value is -0.790. The Kier molecular flexibility index (Phi) is 3.26. The van der Waals surface area contributed by atoms with E-state index in [4.69, 9.17) is 0 Å². The molecule has 0 saturated heterocycles. The Morgan fingerprint density at radius 1 is 1.05 bits per heavy atom. The topological polar surface area (TPSA) is 37.3 Å². The van der Waals surface area contributed by atoms with Crippen molar-refractivity contribution in [3.63, 3.8) is 0 Å². The third-order valence-corrected chi connectivity index (χ3v) is 8.38. The molecule has 0 aromatic heterocycles. The first-order chi connectivity index (χ1) is 10.5. The predicted octanol–water partition coefficient (Wildman–Crippen LogP) is 5.04. The summed E-state index contributed by atoms with van der Waals surface area (Å²) in [5.41, 5.74) is 1.04. The first-order valence-corrected chi connectivity index (χ1v) is 9.39. The van der Waals surface area contributed by atoms with Gasteiger partial charge in [-0.25, -0.2) is 0 Å². The van der Waals surface area contributed by atoms with Crippen LogP contribution in [0.15, 0.2) is 11.8 Å². The van der Waals surface area contributed by atoms with Gasteiger partial charge in [0, 0.05) is 11.0 Å². The van der Waals surface area contributed by atoms with Gasteiger partial charge in [0.1, 0.15) is 0 Å². The molecule has 0 bridgehead atoms. The van der Waals surface area contributed by atoms with Crippen molar-refractivity contribution < 1.29 is 9.90 Å². The van der Waals surface area contributed by atoms with Crippen LogP contribution in [0, 0.1) is 34.5 Å². The van der Waals surface area contributed by atoms with Crippen LogP contribution in [0.25, 0.3) is 0 Å². The molecule has 6 atom stereocenters. The average molecular weight is 302 g/mol. The third-order valence-electron chi connectivity index (χ3n) is 8.38. The predicted molar refractivity (Wildman–Crippen MR) is 87.4 cm³/mol. The van der Waals surface area contributed by atoms with Crippen molar-refractivity contribution >= 4 is 5.78 Å². The molecule has 4 aliphatic carbocycles. The van der Waals surface area contributed by atoms with Gasteiger partial charge in [0.15, 0.2) is 5.78 Å². The number of hydrogen-bond donors (Lipinski definition) is 1. The Labute approximate surface area is 134 Å². The van der Waals surface area contributed by atoms with Crippen molar-refractivity contribution in [3.8, 4) is 0 Å². The van der Waals surface area contributed by atoms with Crippen LogP contribution >= 0.6 is 0 Å². The molecule has 1 N–H and O–H groups in total. The van der Waals surface area contributed by atoms with E-state index in [9.17, 15) is 9.90 Å². The second-order valence-corrected chi connectivity index (χ2v) is 9.05. The lowest BCUT2D eigenvalue weighted by atomic mass is 9.45. The quantitative estimate of drug-likeness (QED) is 0.503. The minimum Gasteiger partial charge on any atom is -0.515 e. The number of aliphatic hydroxyl groups is 1. The zero-order valence-electron chi connectivity index (χ0n) is 14.1. The van der Waals surface area contributed by atoms with Crippen molar-refractivity contribution in [2.45, 2.75) is 71.6 Å². The lowest BCUT2D eigenvalue weighted by Gasteiger charge is -2.59. The highest BCUT2D eigenvalue weighted by Crippen LogP contribution is 2.65. The Morgan fingerprint density at radius 2 is 1.86 bits per heavy atom. The monoisotopic (exact) mass is 302 g/mol. The highest BCUT2D eigenvalue weighted by molar-refractivity contribution is 6.02. The molecule has 22 heavy (non-hydrogen) atoms. The van der Waals surface area contributed by atoms with Crippen molar-refractivity contribution in [2.75, 3.05) is 0 Å². The Bertz CT molecular complexity index is 522. The molecule has 122 valence electrons. The van der Waals surface area contributed by atoms with Gasteiger partial charge in [-0.2, -0.15) is 0 Å². The number of aliphatic hydroxyl groups excluding tert-OH is 1. The normalized spacial score (nSPS) is 53.0. The number of rotatable bonds is 0. The maximum absolute atomic E-state index is 12.7. The number of fused-ring (bicyclic) bond motifs is 5. The molecule has 0 unspecified atom stereocenters. The number of carbonyl (C=O) groups excluding carboxylic acids is 1. The fraction of sp³-hybridized carbons (Fsp3) is 0.850. The zero-order valence-corrected chi connectivity index (χ0v) is 14.1. The molecule has 4 saturated carbocycles. The number of Topliss-reactive ketones (excluding diaryl/α,β-unsaturated/α-hetero) is 1. The molecule has 4 rings (SSSR count). The van der Waals surface area contributed by atoms with Crippen molar-refractivity contribution in [3.05, 3.63) is 11.8 Å². The van der Waals surface area contributed by atoms with E-state index in [1.165, 1.54) is 44.9 Å². The van der Waals surface area contributed by atoms with Crippen LogP contribution in [-0.2, 0) is 4.79 Å². The van der Waals surface area contributed by atoms with Crippen LogP contribution in [0.1, 0.15) is 71.6 Å². The van der Waals surface area contributed by atoms with E-state index < -0.39 is 0 Å². The summed E-state index contributed by atoms with van der Waals surface area (Å²) in [7, 11) is 0. The highest BCUT2D eigenvalue weighted by Gasteiger charge is 2.60. The van der Waals surface area contributed by atoms with Gasteiger partial charge in [0.25, 0.3) is 0 Å². The largest absolute Gasteiger partial charge is 0.515 e. The third kappa shape index (κ3) is 1.76. The molecular weight excluding hydrogens is 272 g/mol. The van der Waals surface area contributed by atoms with Gasteiger partial charge in [0.05, 0.1) is 6.26 Å². The fourth-order valence-electron chi connectivity index (χ4n) is 7.08. The summed E-state index contributed by atoms with van der Waals surface area (Å²) in [6, 6.07) is 0. The molecule has 0 heterocycles. The van der Waals surface area contributed by atoms with Gasteiger partial charge in [-0.3, -0.25) is 4.79 Å². The second kappa shape index (κ2) is 4.85. The fourth-order valence-corrected chi connectivity index (χ4v) is 7.08. The lowest BCUT2D eigenvalue weighted by molar-refractivity contribution is -0.137. The van der Waals surface area contributed by atoms with Crippen LogP contribution in [-0.4, -0.2) is 10.9 Å². The summed E-state index contributed by atoms with van der Waals surface area (Å²) in [5.74, 6) is 3.18. The van der Waals surface area contributed by atoms with Crippen LogP contribution in [0.2, 0.25) is 0 Å². The summed E-state index contributed by atoms with van der Waals surface area (Å²) in [5, 5.41) is 9.45. The summed E-state index contributed by atoms with van der Waals surface area (Å²) < 4.78 is 0. The van der Waals surface area contributed by atoms with Gasteiger partial charge < -0.3 is 5.11 Å². The van der Waals surface area contributed by atoms with E-state index in [-0.39, 0.29) is 11.2 Å². The van der Waals surface area contributed by atoms with Gasteiger partial charge >= 0.3 is 0 Å². The van der Waals surface area contributed by atoms with Gasteiger partial charge in [-0.1, -0.05) is 26.7 Å². The molecule has 0 aromatic rings. The molecule has 0 amide bonds. The number of hydrogen-bond acceptors (Lipinski definition) is 2. The summed E-state index contributed by atoms with van der Waals surface area (Å²) in [6.45, 7) is 4.75. The van der Waals surface area contributed by atoms with E-state index in [0.29, 0.717) is 22.8 Å². The Morgan fingerprint density at radius 3 is 2.64 bits per heavy atom. The van der Waals surface area contributed by atoms with Crippen molar-refractivity contribution in [2.24, 2.45) is 34.5 Å². The standard InChI is InChI=1S/C20H30O2/c1-19-9-4-3-5-14(19)6-7-15-16(19)8-10-20(2)17(15)11-13(12-21)18(20)22/h12,14-17,21H,3-11H2,1-2H3/b13-12+/t14-,15+,16-,17-,19-,20+/m1/s1. The minimum absolute atomic E-state index is 0.187. The van der Waals surface area contributed by atoms with Crippen LogP contribution in [0.4, 0.5) is 0 Å². The number of allylic oxidation sites excluding steroid dienone is 1. The lowest BCUT2D eigenvalue weighted by Crippen LogP contribution is -2.52. The van der Waals surface area contributed by atoms with Gasteiger partial charge in [-0.15, -0.1) is 0 Å². The Balaban J connectivity index is 1.68. The van der Waals surface area contributed by atoms with E-state index in [0.717, 1.165) is 30.9 Å². The van der Waals surface area contributed by atoms with E-state index in [1.807, 2.05) is 0 Å². The van der Waals surface area contributed by atoms with Crippen LogP contribution in [0.5, 0.6) is 0 Å². The molecule has 2 nitrogen and oxygen atoms in total. The molecule has 4 fully saturated rings. The maximum atomic E-state index is 12.7. The van der Waals surface area contributed by atoms with E-state index in [1.54, 1.807) is 0 Å². The van der Waals surface area contributed by atoms with E-state index in [2.05, 4.69) is 13.8 Å². The minimum atomic E-state index is -0.187. The van der Waals surface area contributed by atoms with Gasteiger partial charge in [-0.05, 0) is 74.0 Å². The SMILES string of the molecule is C[C@@]12CCCC[C@@H]1CC[C@H]1[C@H]2CC[C@]2(C)C(=O)/C(=C/O)C[C@H]12. The first kappa shape index (κ1) is 14.8. The molecule has 4 aliphatic rings. The number of carbonyl (C=O) groups is 1. The summed E-state index contributed by atoms with van der Waals surface area (Å²) >= 11 is 0. The van der Waals surface area contributed by atoms with E-state index >= 15 is 0 Å². The van der Waals surface area contributed by atoms with Crippen LogP contribution < -0.4 is 0 Å². The first-order valence-electron chi connectivity index (χ1n) is 9.39. The summed E-state index contributed by atoms with van der Waals surface area (Å²) in [4.78, 5) is 12.7. The maximum Gasteiger partial charge on any atom is 0.168 e. The second-order valence-electron chi connectivity index (χ2n) is 9.05. The molecule has 0 spiro atoms. The number of ketones is 1. The molecule has 0 radical (unpaired) electrons. The molecular formula is C20H30O2. The summed E-state index contributed by atoms with van der Waals surface area (Å²) in [6.07, 6.45) is 12.6. The smallest absolute Gasteiger partial charge is 0.168 e. The van der Waals surface area contributed by atoms with Crippen molar-refractivity contribution in [1.82, 2.24) is 0 Å². The molecule has 0 aromatic carbocycles. The zero-order chi connectivity index (χ0) is 15.5. The average Bonchev–Trinajstić information content (AvgIpc) is 2.78. The molecule has 0 aliphatic heterocycles. The van der Waals surface area contributed by atoms with Crippen molar-refractivity contribution in [1.29, 1.82) is 0 Å². The van der Waals surface area contributed by atoms with Crippen LogP contribution in [0.3, 0.4) is 0 Å².